The van der Waals surface area contributed by atoms with Crippen molar-refractivity contribution < 1.29 is 27.9 Å². The molecule has 1 aromatic heterocycles. The lowest BCUT2D eigenvalue weighted by Gasteiger charge is -2.26. The number of nitrogens with zero attached hydrogens (tertiary/aromatic N) is 4. The minimum absolute atomic E-state index is 0.0300. The largest absolute Gasteiger partial charge is 0.395 e. The number of nitrogens with one attached hydrogen (secondary N) is 2. The molecule has 3 N–H and O–H groups in total. The van der Waals surface area contributed by atoms with Gasteiger partial charge in [0.25, 0.3) is 21.8 Å². The van der Waals surface area contributed by atoms with E-state index in [0.29, 0.717) is 43.7 Å². The summed E-state index contributed by atoms with van der Waals surface area (Å²) >= 11 is 6.76. The van der Waals surface area contributed by atoms with Gasteiger partial charge >= 0.3 is 0 Å². The molecular weight excluding hydrogens is 716 g/mol. The quantitative estimate of drug-likeness (QED) is 0.163. The molecule has 14 heteroatoms. The van der Waals surface area contributed by atoms with Crippen molar-refractivity contribution in [2.24, 2.45) is 0 Å². The molecule has 0 saturated heterocycles. The summed E-state index contributed by atoms with van der Waals surface area (Å²) in [5.74, 6) is -1.69. The first kappa shape index (κ1) is 38.2. The van der Waals surface area contributed by atoms with E-state index in [1.807, 2.05) is 26.8 Å². The first-order valence-electron chi connectivity index (χ1n) is 18.1. The number of likely N-dealkylation sites (N-methyl/N-ethyl adjacent to an activating group) is 1. The Morgan fingerprint density at radius 2 is 1.74 bits per heavy atom. The van der Waals surface area contributed by atoms with Gasteiger partial charge in [-0.15, -0.1) is 0 Å². The summed E-state index contributed by atoms with van der Waals surface area (Å²) in [5, 5.41) is 17.9. The van der Waals surface area contributed by atoms with Crippen LogP contribution in [-0.4, -0.2) is 84.6 Å². The SMILES string of the molecule is CCCN(CCC)C(=O)c1nn(-c2ccc(C(=O)NS(=O)(=O)c3ccc4c(c3)CCN4CC)cc2C(=O)c2cccc3c2CC(CO)NC3)c(C)c1Cl. The number of halogens is 1. The van der Waals surface area contributed by atoms with Gasteiger partial charge in [0.1, 0.15) is 0 Å². The van der Waals surface area contributed by atoms with Gasteiger partial charge in [-0.05, 0) is 92.6 Å². The maximum absolute atomic E-state index is 14.7. The summed E-state index contributed by atoms with van der Waals surface area (Å²) in [4.78, 5) is 45.9. The second-order valence-electron chi connectivity index (χ2n) is 13.5. The van der Waals surface area contributed by atoms with Crippen molar-refractivity contribution >= 4 is 44.9 Å². The van der Waals surface area contributed by atoms with E-state index in [9.17, 15) is 27.9 Å². The Morgan fingerprint density at radius 3 is 2.43 bits per heavy atom. The summed E-state index contributed by atoms with van der Waals surface area (Å²) in [5.41, 5.74) is 4.60. The minimum atomic E-state index is -4.27. The molecule has 0 fully saturated rings. The van der Waals surface area contributed by atoms with Gasteiger partial charge in [-0.2, -0.15) is 5.10 Å². The molecule has 280 valence electrons. The summed E-state index contributed by atoms with van der Waals surface area (Å²) < 4.78 is 30.6. The van der Waals surface area contributed by atoms with Crippen molar-refractivity contribution in [1.82, 2.24) is 24.7 Å². The van der Waals surface area contributed by atoms with Crippen molar-refractivity contribution in [1.29, 1.82) is 0 Å². The zero-order valence-electron chi connectivity index (χ0n) is 30.4. The van der Waals surface area contributed by atoms with Crippen LogP contribution in [0, 0.1) is 6.92 Å². The van der Waals surface area contributed by atoms with Crippen molar-refractivity contribution in [3.8, 4) is 5.69 Å². The number of rotatable bonds is 13. The van der Waals surface area contributed by atoms with E-state index >= 15 is 0 Å². The predicted molar refractivity (Wildman–Crippen MR) is 204 cm³/mol. The highest BCUT2D eigenvalue weighted by molar-refractivity contribution is 7.90. The van der Waals surface area contributed by atoms with Crippen LogP contribution >= 0.6 is 11.6 Å². The van der Waals surface area contributed by atoms with Crippen LogP contribution in [0.15, 0.2) is 59.5 Å². The fraction of sp³-hybridized carbons (Fsp3) is 0.385. The molecule has 1 atom stereocenters. The molecule has 12 nitrogen and oxygen atoms in total. The number of fused-ring (bicyclic) bond motifs is 2. The summed E-state index contributed by atoms with van der Waals surface area (Å²) in [6.45, 7) is 10.7. The normalized spacial score (nSPS) is 15.2. The summed E-state index contributed by atoms with van der Waals surface area (Å²) in [6.07, 6.45) is 2.59. The zero-order valence-corrected chi connectivity index (χ0v) is 32.0. The number of anilines is 1. The lowest BCUT2D eigenvalue weighted by molar-refractivity contribution is 0.0749. The van der Waals surface area contributed by atoms with Crippen molar-refractivity contribution in [2.45, 2.75) is 70.9 Å². The third kappa shape index (κ3) is 7.48. The number of benzene rings is 3. The number of hydrogen-bond acceptors (Lipinski definition) is 9. The second-order valence-corrected chi connectivity index (χ2v) is 15.5. The van der Waals surface area contributed by atoms with Crippen LogP contribution in [0.5, 0.6) is 0 Å². The lowest BCUT2D eigenvalue weighted by atomic mass is 9.87. The third-order valence-electron chi connectivity index (χ3n) is 9.98. The van der Waals surface area contributed by atoms with Crippen molar-refractivity contribution in [3.05, 3.63) is 104 Å². The van der Waals surface area contributed by atoms with Crippen LogP contribution in [-0.2, 0) is 29.4 Å². The van der Waals surface area contributed by atoms with E-state index in [1.54, 1.807) is 36.1 Å². The highest BCUT2D eigenvalue weighted by atomic mass is 35.5. The zero-order chi connectivity index (χ0) is 38.0. The molecule has 0 aliphatic carbocycles. The first-order valence-corrected chi connectivity index (χ1v) is 19.9. The number of sulfonamides is 1. The van der Waals surface area contributed by atoms with Gasteiger partial charge < -0.3 is 20.2 Å². The molecule has 0 spiro atoms. The minimum Gasteiger partial charge on any atom is -0.395 e. The number of aliphatic hydroxyl groups excluding tert-OH is 1. The third-order valence-corrected chi connectivity index (χ3v) is 11.8. The first-order chi connectivity index (χ1) is 25.4. The molecule has 3 aromatic carbocycles. The van der Waals surface area contributed by atoms with Crippen molar-refractivity contribution in [3.63, 3.8) is 0 Å². The highest BCUT2D eigenvalue weighted by Crippen LogP contribution is 2.32. The lowest BCUT2D eigenvalue weighted by Crippen LogP contribution is -2.39. The number of amides is 2. The van der Waals surface area contributed by atoms with Gasteiger partial charge in [0, 0.05) is 61.1 Å². The predicted octanol–water partition coefficient (Wildman–Crippen LogP) is 4.84. The smallest absolute Gasteiger partial charge is 0.275 e. The number of ketones is 1. The summed E-state index contributed by atoms with van der Waals surface area (Å²) in [7, 11) is -4.27. The molecule has 0 saturated carbocycles. The molecule has 2 aliphatic heterocycles. The van der Waals surface area contributed by atoms with E-state index < -0.39 is 21.7 Å². The monoisotopic (exact) mass is 760 g/mol. The molecule has 3 heterocycles. The molecule has 2 amide bonds. The van der Waals surface area contributed by atoms with E-state index in [1.165, 1.54) is 28.9 Å². The van der Waals surface area contributed by atoms with Gasteiger partial charge in [-0.3, -0.25) is 14.4 Å². The summed E-state index contributed by atoms with van der Waals surface area (Å²) in [6, 6.07) is 14.2. The van der Waals surface area contributed by atoms with Crippen LogP contribution in [0.2, 0.25) is 5.02 Å². The standard InChI is InChI=1S/C39H45ClN6O6S/c1-5-16-45(17-6-2)39(50)36-35(40)24(4)46(42-36)34-13-11-26(20-32(34)37(48)30-10-8-9-27-22-41-28(23-47)21-31(27)30)38(49)43-53(51,52)29-12-14-33-25(19-29)15-18-44(33)7-3/h8-14,19-20,28,41,47H,5-7,15-18,21-23H2,1-4H3,(H,43,49). The molecule has 0 radical (unpaired) electrons. The number of carbonyl (C=O) groups excluding carboxylic acids is 3. The molecule has 53 heavy (non-hydrogen) atoms. The molecule has 0 bridgehead atoms. The fourth-order valence-corrected chi connectivity index (χ4v) is 8.41. The van der Waals surface area contributed by atoms with Crippen LogP contribution in [0.1, 0.15) is 92.8 Å². The molecule has 1 unspecified atom stereocenters. The Hall–Kier alpha value is -4.56. The van der Waals surface area contributed by atoms with Gasteiger partial charge in [0.05, 0.1) is 27.9 Å². The number of aliphatic hydroxyl groups is 1. The number of aromatic nitrogens is 2. The number of hydrogen-bond donors (Lipinski definition) is 3. The Labute approximate surface area is 315 Å². The molecular formula is C39H45ClN6O6S. The van der Waals surface area contributed by atoms with Gasteiger partial charge in [0.2, 0.25) is 0 Å². The van der Waals surface area contributed by atoms with E-state index in [2.05, 4.69) is 20.0 Å². The maximum atomic E-state index is 14.7. The fourth-order valence-electron chi connectivity index (χ4n) is 7.19. The van der Waals surface area contributed by atoms with Crippen LogP contribution in [0.3, 0.4) is 0 Å². The van der Waals surface area contributed by atoms with Gasteiger partial charge in [0.15, 0.2) is 11.5 Å². The molecule has 2 aliphatic rings. The molecule has 6 rings (SSSR count). The van der Waals surface area contributed by atoms with Crippen LogP contribution < -0.4 is 14.9 Å². The Morgan fingerprint density at radius 1 is 1.00 bits per heavy atom. The molecule has 4 aromatic rings. The van der Waals surface area contributed by atoms with Crippen LogP contribution in [0.25, 0.3) is 5.69 Å². The average molecular weight is 761 g/mol. The second kappa shape index (κ2) is 15.8. The topological polar surface area (TPSA) is 154 Å². The van der Waals surface area contributed by atoms with E-state index in [0.717, 1.165) is 48.3 Å². The van der Waals surface area contributed by atoms with E-state index in [4.69, 9.17) is 11.6 Å². The maximum Gasteiger partial charge on any atom is 0.275 e. The Balaban J connectivity index is 1.42. The van der Waals surface area contributed by atoms with Gasteiger partial charge in [-0.1, -0.05) is 43.6 Å². The highest BCUT2D eigenvalue weighted by Gasteiger charge is 2.30. The van der Waals surface area contributed by atoms with Crippen molar-refractivity contribution in [2.75, 3.05) is 37.7 Å². The van der Waals surface area contributed by atoms with E-state index in [-0.39, 0.29) is 51.0 Å². The Kier molecular flexibility index (Phi) is 11.4. The number of carbonyl (C=O) groups is 3. The van der Waals surface area contributed by atoms with Gasteiger partial charge in [-0.25, -0.2) is 17.8 Å². The van der Waals surface area contributed by atoms with Crippen LogP contribution in [0.4, 0.5) is 5.69 Å². The average Bonchev–Trinajstić information content (AvgIpc) is 3.72. The Bertz CT molecular complexity index is 2180.